The molecule has 108 valence electrons. The predicted octanol–water partition coefficient (Wildman–Crippen LogP) is 2.65. The molecule has 1 heterocycles. The van der Waals surface area contributed by atoms with Crippen molar-refractivity contribution in [2.75, 3.05) is 26.2 Å². The molecule has 0 aromatic heterocycles. The number of ether oxygens (including phenoxy) is 1. The molecule has 3 unspecified atom stereocenters. The average Bonchev–Trinajstić information content (AvgIpc) is 2.89. The highest BCUT2D eigenvalue weighted by molar-refractivity contribution is 4.82. The highest BCUT2D eigenvalue weighted by Gasteiger charge is 2.25. The molecular formula is C15H32N2O. The minimum atomic E-state index is 0.469. The molecule has 0 aromatic carbocycles. The van der Waals surface area contributed by atoms with Crippen molar-refractivity contribution in [3.05, 3.63) is 0 Å². The van der Waals surface area contributed by atoms with Crippen molar-refractivity contribution in [2.24, 2.45) is 0 Å². The van der Waals surface area contributed by atoms with Gasteiger partial charge in [0.2, 0.25) is 0 Å². The van der Waals surface area contributed by atoms with Crippen LogP contribution in [-0.4, -0.2) is 49.3 Å². The molecule has 3 heteroatoms. The van der Waals surface area contributed by atoms with Gasteiger partial charge in [0.1, 0.15) is 0 Å². The van der Waals surface area contributed by atoms with Gasteiger partial charge in [-0.25, -0.2) is 0 Å². The molecule has 1 rings (SSSR count). The van der Waals surface area contributed by atoms with E-state index in [2.05, 4.69) is 37.9 Å². The zero-order chi connectivity index (χ0) is 13.4. The van der Waals surface area contributed by atoms with Crippen LogP contribution >= 0.6 is 0 Å². The van der Waals surface area contributed by atoms with Gasteiger partial charge in [0, 0.05) is 25.2 Å². The molecule has 18 heavy (non-hydrogen) atoms. The summed E-state index contributed by atoms with van der Waals surface area (Å²) in [6, 6.07) is 1.20. The molecule has 1 saturated heterocycles. The van der Waals surface area contributed by atoms with Gasteiger partial charge in [-0.2, -0.15) is 0 Å². The molecule has 1 aliphatic heterocycles. The molecule has 1 fully saturated rings. The van der Waals surface area contributed by atoms with Crippen LogP contribution in [0, 0.1) is 0 Å². The van der Waals surface area contributed by atoms with Crippen molar-refractivity contribution in [3.63, 3.8) is 0 Å². The molecule has 0 amide bonds. The van der Waals surface area contributed by atoms with Gasteiger partial charge in [0.15, 0.2) is 0 Å². The molecule has 1 N–H and O–H groups in total. The smallest absolute Gasteiger partial charge is 0.0702 e. The van der Waals surface area contributed by atoms with Crippen LogP contribution in [0.5, 0.6) is 0 Å². The standard InChI is InChI=1S/C15H32N2O/c1-5-10-16-15(6-2)13(4)17(7-3)12-14-9-8-11-18-14/h13-16H,5-12H2,1-4H3. The second kappa shape index (κ2) is 8.89. The van der Waals surface area contributed by atoms with Crippen molar-refractivity contribution in [1.82, 2.24) is 10.2 Å². The van der Waals surface area contributed by atoms with Crippen LogP contribution in [-0.2, 0) is 4.74 Å². The van der Waals surface area contributed by atoms with E-state index in [1.165, 1.54) is 25.7 Å². The average molecular weight is 256 g/mol. The van der Waals surface area contributed by atoms with Gasteiger partial charge in [-0.05, 0) is 45.7 Å². The summed E-state index contributed by atoms with van der Waals surface area (Å²) < 4.78 is 5.77. The van der Waals surface area contributed by atoms with Gasteiger partial charge in [-0.3, -0.25) is 4.90 Å². The van der Waals surface area contributed by atoms with E-state index in [0.29, 0.717) is 18.2 Å². The molecule has 0 spiro atoms. The largest absolute Gasteiger partial charge is 0.377 e. The van der Waals surface area contributed by atoms with Crippen LogP contribution in [0.1, 0.15) is 53.4 Å². The molecule has 3 nitrogen and oxygen atoms in total. The van der Waals surface area contributed by atoms with E-state index in [1.807, 2.05) is 0 Å². The number of hydrogen-bond acceptors (Lipinski definition) is 3. The van der Waals surface area contributed by atoms with Gasteiger partial charge in [0.25, 0.3) is 0 Å². The summed E-state index contributed by atoms with van der Waals surface area (Å²) in [4.78, 5) is 2.58. The lowest BCUT2D eigenvalue weighted by Crippen LogP contribution is -2.50. The molecule has 0 radical (unpaired) electrons. The van der Waals surface area contributed by atoms with Crippen LogP contribution in [0.25, 0.3) is 0 Å². The molecular weight excluding hydrogens is 224 g/mol. The van der Waals surface area contributed by atoms with Gasteiger partial charge in [-0.15, -0.1) is 0 Å². The number of nitrogens with one attached hydrogen (secondary N) is 1. The molecule has 0 bridgehead atoms. The Morgan fingerprint density at radius 2 is 2.11 bits per heavy atom. The van der Waals surface area contributed by atoms with Crippen molar-refractivity contribution >= 4 is 0 Å². The maximum Gasteiger partial charge on any atom is 0.0702 e. The summed E-state index contributed by atoms with van der Waals surface area (Å²) in [5.74, 6) is 0. The second-order valence-corrected chi connectivity index (χ2v) is 5.43. The Kier molecular flexibility index (Phi) is 7.87. The SMILES string of the molecule is CCCNC(CC)C(C)N(CC)CC1CCCO1. The van der Waals surface area contributed by atoms with Gasteiger partial charge in [0.05, 0.1) is 6.10 Å². The fourth-order valence-corrected chi connectivity index (χ4v) is 2.87. The van der Waals surface area contributed by atoms with Gasteiger partial charge < -0.3 is 10.1 Å². The summed E-state index contributed by atoms with van der Waals surface area (Å²) in [5, 5.41) is 3.68. The van der Waals surface area contributed by atoms with Gasteiger partial charge >= 0.3 is 0 Å². The summed E-state index contributed by atoms with van der Waals surface area (Å²) in [6.45, 7) is 13.4. The first-order chi connectivity index (χ1) is 8.72. The summed E-state index contributed by atoms with van der Waals surface area (Å²) >= 11 is 0. The summed E-state index contributed by atoms with van der Waals surface area (Å²) in [6.07, 6.45) is 5.35. The summed E-state index contributed by atoms with van der Waals surface area (Å²) in [7, 11) is 0. The van der Waals surface area contributed by atoms with Crippen LogP contribution in [0.3, 0.4) is 0 Å². The lowest BCUT2D eigenvalue weighted by molar-refractivity contribution is 0.0542. The first kappa shape index (κ1) is 15.9. The Morgan fingerprint density at radius 1 is 1.33 bits per heavy atom. The normalized spacial score (nSPS) is 23.5. The first-order valence-corrected chi connectivity index (χ1v) is 7.81. The highest BCUT2D eigenvalue weighted by atomic mass is 16.5. The minimum absolute atomic E-state index is 0.469. The lowest BCUT2D eigenvalue weighted by Gasteiger charge is -2.35. The third kappa shape index (κ3) is 4.87. The zero-order valence-electron chi connectivity index (χ0n) is 12.7. The number of likely N-dealkylation sites (N-methyl/N-ethyl adjacent to an activating group) is 1. The number of nitrogens with zero attached hydrogens (tertiary/aromatic N) is 1. The molecule has 3 atom stereocenters. The maximum atomic E-state index is 5.77. The van der Waals surface area contributed by atoms with Crippen molar-refractivity contribution in [3.8, 4) is 0 Å². The lowest BCUT2D eigenvalue weighted by atomic mass is 10.0. The topological polar surface area (TPSA) is 24.5 Å². The Morgan fingerprint density at radius 3 is 2.61 bits per heavy atom. The zero-order valence-corrected chi connectivity index (χ0v) is 12.7. The van der Waals surface area contributed by atoms with E-state index >= 15 is 0 Å². The van der Waals surface area contributed by atoms with E-state index in [0.717, 1.165) is 26.2 Å². The fraction of sp³-hybridized carbons (Fsp3) is 1.00. The first-order valence-electron chi connectivity index (χ1n) is 7.81. The van der Waals surface area contributed by atoms with Crippen molar-refractivity contribution in [2.45, 2.75) is 71.6 Å². The van der Waals surface area contributed by atoms with E-state index in [-0.39, 0.29) is 0 Å². The molecule has 1 aliphatic rings. The Bertz CT molecular complexity index is 205. The third-order valence-electron chi connectivity index (χ3n) is 4.12. The number of hydrogen-bond donors (Lipinski definition) is 1. The Labute approximate surface area is 113 Å². The van der Waals surface area contributed by atoms with E-state index in [9.17, 15) is 0 Å². The van der Waals surface area contributed by atoms with Gasteiger partial charge in [-0.1, -0.05) is 20.8 Å². The summed E-state index contributed by atoms with van der Waals surface area (Å²) in [5.41, 5.74) is 0. The fourth-order valence-electron chi connectivity index (χ4n) is 2.87. The van der Waals surface area contributed by atoms with Crippen LogP contribution in [0.2, 0.25) is 0 Å². The molecule has 0 aromatic rings. The van der Waals surface area contributed by atoms with E-state index < -0.39 is 0 Å². The second-order valence-electron chi connectivity index (χ2n) is 5.43. The monoisotopic (exact) mass is 256 g/mol. The number of rotatable bonds is 9. The quantitative estimate of drug-likeness (QED) is 0.686. The Hall–Kier alpha value is -0.120. The van der Waals surface area contributed by atoms with E-state index in [1.54, 1.807) is 0 Å². The Balaban J connectivity index is 2.44. The molecule has 0 saturated carbocycles. The maximum absolute atomic E-state index is 5.77. The molecule has 0 aliphatic carbocycles. The van der Waals surface area contributed by atoms with Crippen LogP contribution < -0.4 is 5.32 Å². The highest BCUT2D eigenvalue weighted by Crippen LogP contribution is 2.16. The third-order valence-corrected chi connectivity index (χ3v) is 4.12. The predicted molar refractivity (Wildman–Crippen MR) is 78.1 cm³/mol. The minimum Gasteiger partial charge on any atom is -0.377 e. The van der Waals surface area contributed by atoms with E-state index in [4.69, 9.17) is 4.74 Å². The van der Waals surface area contributed by atoms with Crippen LogP contribution in [0.4, 0.5) is 0 Å². The van der Waals surface area contributed by atoms with Crippen LogP contribution in [0.15, 0.2) is 0 Å². The van der Waals surface area contributed by atoms with Crippen molar-refractivity contribution in [1.29, 1.82) is 0 Å². The van der Waals surface area contributed by atoms with Crippen molar-refractivity contribution < 1.29 is 4.74 Å².